The Balaban J connectivity index is 1.70. The van der Waals surface area contributed by atoms with E-state index in [1.165, 1.54) is 29.6 Å². The summed E-state index contributed by atoms with van der Waals surface area (Å²) < 4.78 is 1.09. The van der Waals surface area contributed by atoms with Gasteiger partial charge in [-0.25, -0.2) is 0 Å². The number of carbonyl (C=O) groups is 1. The molecule has 1 unspecified atom stereocenters. The van der Waals surface area contributed by atoms with Gasteiger partial charge < -0.3 is 16.4 Å². The lowest BCUT2D eigenvalue weighted by Crippen LogP contribution is -2.28. The van der Waals surface area contributed by atoms with Gasteiger partial charge in [0, 0.05) is 16.6 Å². The van der Waals surface area contributed by atoms with Crippen LogP contribution in [0.4, 0.5) is 0 Å². The van der Waals surface area contributed by atoms with Gasteiger partial charge >= 0.3 is 0 Å². The highest BCUT2D eigenvalue weighted by molar-refractivity contribution is 9.10. The fraction of sp³-hybridized carbons (Fsp3) is 0.550. The Morgan fingerprint density at radius 2 is 2.16 bits per heavy atom. The van der Waals surface area contributed by atoms with Gasteiger partial charge in [-0.05, 0) is 93.4 Å². The van der Waals surface area contributed by atoms with Gasteiger partial charge in [-0.2, -0.15) is 0 Å². The van der Waals surface area contributed by atoms with Crippen molar-refractivity contribution in [2.75, 3.05) is 26.7 Å². The summed E-state index contributed by atoms with van der Waals surface area (Å²) in [5.74, 6) is 0.381. The molecule has 4 N–H and O–H groups in total. The SMILES string of the molecule is CN(CCCCN)CC1CCC2=C(Cc3c(C(N)=O)ccc(Br)c32)C1. The summed E-state index contributed by atoms with van der Waals surface area (Å²) in [5.41, 5.74) is 17.2. The van der Waals surface area contributed by atoms with Crippen LogP contribution in [-0.4, -0.2) is 37.5 Å². The number of unbranched alkanes of at least 4 members (excludes halogenated alkanes) is 1. The third kappa shape index (κ3) is 3.99. The molecule has 0 bridgehead atoms. The van der Waals surface area contributed by atoms with Crippen LogP contribution in [0.2, 0.25) is 0 Å². The van der Waals surface area contributed by atoms with Crippen LogP contribution in [0.5, 0.6) is 0 Å². The molecule has 0 aliphatic heterocycles. The number of nitrogens with two attached hydrogens (primary N) is 2. The van der Waals surface area contributed by atoms with Crippen molar-refractivity contribution in [2.45, 2.75) is 38.5 Å². The number of halogens is 1. The van der Waals surface area contributed by atoms with Crippen LogP contribution in [-0.2, 0) is 6.42 Å². The minimum atomic E-state index is -0.320. The van der Waals surface area contributed by atoms with Crippen LogP contribution in [0.25, 0.3) is 5.57 Å². The molecule has 25 heavy (non-hydrogen) atoms. The van der Waals surface area contributed by atoms with Gasteiger partial charge in [0.05, 0.1) is 0 Å². The maximum Gasteiger partial charge on any atom is 0.249 e. The summed E-state index contributed by atoms with van der Waals surface area (Å²) in [7, 11) is 2.21. The average molecular weight is 406 g/mol. The van der Waals surface area contributed by atoms with E-state index < -0.39 is 0 Å². The van der Waals surface area contributed by atoms with Crippen molar-refractivity contribution in [2.24, 2.45) is 17.4 Å². The molecule has 2 aliphatic carbocycles. The Morgan fingerprint density at radius 1 is 1.36 bits per heavy atom. The largest absolute Gasteiger partial charge is 0.366 e. The lowest BCUT2D eigenvalue weighted by Gasteiger charge is -2.28. The molecule has 0 heterocycles. The second-order valence-corrected chi connectivity index (χ2v) is 8.29. The number of primary amides is 1. The summed E-state index contributed by atoms with van der Waals surface area (Å²) in [5, 5.41) is 0. The van der Waals surface area contributed by atoms with Gasteiger partial charge in [0.25, 0.3) is 0 Å². The molecule has 1 aromatic rings. The lowest BCUT2D eigenvalue weighted by molar-refractivity contribution is 0.0999. The first-order chi connectivity index (χ1) is 12.0. The van der Waals surface area contributed by atoms with Crippen molar-refractivity contribution in [1.82, 2.24) is 4.90 Å². The number of hydrogen-bond acceptors (Lipinski definition) is 3. The van der Waals surface area contributed by atoms with Gasteiger partial charge in [0.15, 0.2) is 0 Å². The maximum absolute atomic E-state index is 11.8. The van der Waals surface area contributed by atoms with Crippen LogP contribution in [0.1, 0.15) is 53.6 Å². The quantitative estimate of drug-likeness (QED) is 0.683. The highest BCUT2D eigenvalue weighted by atomic mass is 79.9. The second kappa shape index (κ2) is 8.02. The van der Waals surface area contributed by atoms with Crippen LogP contribution in [0, 0.1) is 5.92 Å². The van der Waals surface area contributed by atoms with Gasteiger partial charge in [-0.3, -0.25) is 4.79 Å². The molecule has 3 rings (SSSR count). The van der Waals surface area contributed by atoms with Crippen molar-refractivity contribution in [1.29, 1.82) is 0 Å². The van der Waals surface area contributed by atoms with Gasteiger partial charge in [-0.1, -0.05) is 21.5 Å². The normalized spacial score (nSPS) is 19.3. The summed E-state index contributed by atoms with van der Waals surface area (Å²) in [4.78, 5) is 14.2. The molecule has 2 aliphatic rings. The molecule has 0 saturated carbocycles. The fourth-order valence-electron chi connectivity index (χ4n) is 4.37. The zero-order valence-corrected chi connectivity index (χ0v) is 16.6. The zero-order chi connectivity index (χ0) is 18.0. The highest BCUT2D eigenvalue weighted by Gasteiger charge is 2.32. The van der Waals surface area contributed by atoms with E-state index in [1.807, 2.05) is 12.1 Å². The first kappa shape index (κ1) is 18.6. The van der Waals surface area contributed by atoms with Gasteiger partial charge in [0.1, 0.15) is 0 Å². The summed E-state index contributed by atoms with van der Waals surface area (Å²) in [6.45, 7) is 3.04. The van der Waals surface area contributed by atoms with Crippen LogP contribution < -0.4 is 11.5 Å². The average Bonchev–Trinajstić information content (AvgIpc) is 2.94. The van der Waals surface area contributed by atoms with Gasteiger partial charge in [0.2, 0.25) is 5.91 Å². The number of nitrogens with zero attached hydrogens (tertiary/aromatic N) is 1. The van der Waals surface area contributed by atoms with Crippen LogP contribution >= 0.6 is 15.9 Å². The Bertz CT molecular complexity index is 698. The number of carbonyl (C=O) groups excluding carboxylic acids is 1. The van der Waals surface area contributed by atoms with Crippen molar-refractivity contribution >= 4 is 27.4 Å². The number of benzene rings is 1. The van der Waals surface area contributed by atoms with Gasteiger partial charge in [-0.15, -0.1) is 0 Å². The first-order valence-electron chi connectivity index (χ1n) is 9.22. The van der Waals surface area contributed by atoms with E-state index in [9.17, 15) is 4.79 Å². The molecule has 0 aromatic heterocycles. The molecule has 1 amide bonds. The summed E-state index contributed by atoms with van der Waals surface area (Å²) >= 11 is 3.68. The molecule has 1 aromatic carbocycles. The van der Waals surface area contributed by atoms with Crippen molar-refractivity contribution in [3.8, 4) is 0 Å². The minimum absolute atomic E-state index is 0.320. The highest BCUT2D eigenvalue weighted by Crippen LogP contribution is 2.47. The summed E-state index contributed by atoms with van der Waals surface area (Å²) in [6, 6.07) is 3.82. The predicted octanol–water partition coefficient (Wildman–Crippen LogP) is 3.33. The van der Waals surface area contributed by atoms with Crippen LogP contribution in [0.3, 0.4) is 0 Å². The number of allylic oxidation sites excluding steroid dienone is 2. The number of fused-ring (bicyclic) bond motifs is 2. The zero-order valence-electron chi connectivity index (χ0n) is 15.0. The Labute approximate surface area is 158 Å². The number of hydrogen-bond donors (Lipinski definition) is 2. The molecule has 4 nitrogen and oxygen atoms in total. The first-order valence-corrected chi connectivity index (χ1v) is 10.0. The molecule has 0 saturated heterocycles. The Hall–Kier alpha value is -1.17. The van der Waals surface area contributed by atoms with Crippen molar-refractivity contribution < 1.29 is 4.79 Å². The summed E-state index contributed by atoms with van der Waals surface area (Å²) in [6.07, 6.45) is 6.61. The van der Waals surface area contributed by atoms with E-state index in [0.29, 0.717) is 11.5 Å². The molecular weight excluding hydrogens is 378 g/mol. The smallest absolute Gasteiger partial charge is 0.249 e. The van der Waals surface area contributed by atoms with E-state index in [4.69, 9.17) is 11.5 Å². The number of rotatable bonds is 7. The van der Waals surface area contributed by atoms with E-state index >= 15 is 0 Å². The maximum atomic E-state index is 11.8. The topological polar surface area (TPSA) is 72.3 Å². The Kier molecular flexibility index (Phi) is 5.97. The molecule has 5 heteroatoms. The molecule has 136 valence electrons. The van der Waals surface area contributed by atoms with E-state index in [-0.39, 0.29) is 5.91 Å². The van der Waals surface area contributed by atoms with E-state index in [2.05, 4.69) is 27.9 Å². The Morgan fingerprint density at radius 3 is 2.88 bits per heavy atom. The van der Waals surface area contributed by atoms with E-state index in [0.717, 1.165) is 55.4 Å². The lowest BCUT2D eigenvalue weighted by atomic mass is 9.83. The fourth-order valence-corrected chi connectivity index (χ4v) is 4.98. The molecule has 1 atom stereocenters. The van der Waals surface area contributed by atoms with Crippen LogP contribution in [0.15, 0.2) is 22.2 Å². The van der Waals surface area contributed by atoms with E-state index in [1.54, 1.807) is 0 Å². The molecule has 0 fully saturated rings. The number of amides is 1. The van der Waals surface area contributed by atoms with Crippen molar-refractivity contribution in [3.63, 3.8) is 0 Å². The standard InChI is InChI=1S/C20H28BrN3O/c1-24(9-3-2-8-22)12-13-4-5-15-14(10-13)11-17-16(20(23)25)6-7-18(21)19(15)17/h6-7,13H,2-5,8-12,22H2,1H3,(H2,23,25). The second-order valence-electron chi connectivity index (χ2n) is 7.44. The predicted molar refractivity (Wildman–Crippen MR) is 106 cm³/mol. The monoisotopic (exact) mass is 405 g/mol. The third-order valence-electron chi connectivity index (χ3n) is 5.55. The third-order valence-corrected chi connectivity index (χ3v) is 6.21. The molecule has 0 spiro atoms. The molecular formula is C20H28BrN3O. The molecule has 0 radical (unpaired) electrons. The minimum Gasteiger partial charge on any atom is -0.366 e. The van der Waals surface area contributed by atoms with Crippen molar-refractivity contribution in [3.05, 3.63) is 38.9 Å².